The van der Waals surface area contributed by atoms with Gasteiger partial charge >= 0.3 is 5.97 Å². The molecule has 1 aliphatic heterocycles. The molecule has 1 N–H and O–H groups in total. The first-order valence-corrected chi connectivity index (χ1v) is 12.7. The molecule has 1 saturated heterocycles. The predicted molar refractivity (Wildman–Crippen MR) is 147 cm³/mol. The molecule has 0 spiro atoms. The molecule has 0 bridgehead atoms. The van der Waals surface area contributed by atoms with E-state index in [4.69, 9.17) is 9.72 Å². The van der Waals surface area contributed by atoms with Gasteiger partial charge in [0.2, 0.25) is 0 Å². The quantitative estimate of drug-likeness (QED) is 0.384. The minimum absolute atomic E-state index is 0.103. The summed E-state index contributed by atoms with van der Waals surface area (Å²) in [5.41, 5.74) is 5.73. The molecule has 3 aromatic rings. The zero-order valence-corrected chi connectivity index (χ0v) is 22.2. The Bertz CT molecular complexity index is 1260. The Kier molecular flexibility index (Phi) is 7.48. The zero-order chi connectivity index (χ0) is 25.9. The van der Waals surface area contributed by atoms with Crippen LogP contribution in [0.2, 0.25) is 0 Å². The fourth-order valence-corrected chi connectivity index (χ4v) is 4.83. The molecule has 0 radical (unpaired) electrons. The first-order valence-electron chi connectivity index (χ1n) is 12.7. The van der Waals surface area contributed by atoms with Gasteiger partial charge in [0.1, 0.15) is 5.56 Å². The van der Waals surface area contributed by atoms with Crippen LogP contribution in [0.15, 0.2) is 42.7 Å². The van der Waals surface area contributed by atoms with E-state index in [0.29, 0.717) is 12.2 Å². The van der Waals surface area contributed by atoms with Crippen LogP contribution in [-0.4, -0.2) is 47.5 Å². The normalized spacial score (nSPS) is 15.1. The van der Waals surface area contributed by atoms with Gasteiger partial charge in [-0.1, -0.05) is 44.2 Å². The number of carbonyl (C=O) groups excluding carboxylic acids is 1. The molecule has 1 aromatic carbocycles. The van der Waals surface area contributed by atoms with Crippen molar-refractivity contribution in [1.29, 1.82) is 0 Å². The summed E-state index contributed by atoms with van der Waals surface area (Å²) in [4.78, 5) is 19.7. The van der Waals surface area contributed by atoms with Gasteiger partial charge in [0, 0.05) is 37.9 Å². The molecule has 7 nitrogen and oxygen atoms in total. The largest absolute Gasteiger partial charge is 0.462 e. The average molecular weight is 488 g/mol. The van der Waals surface area contributed by atoms with E-state index in [1.54, 1.807) is 6.20 Å². The van der Waals surface area contributed by atoms with Crippen LogP contribution in [0.25, 0.3) is 23.3 Å². The van der Waals surface area contributed by atoms with Gasteiger partial charge in [0.05, 0.1) is 24.2 Å². The Hall–Kier alpha value is -3.61. The number of aromatic nitrogens is 3. The number of hydrogen-bond acceptors (Lipinski definition) is 6. The lowest BCUT2D eigenvalue weighted by molar-refractivity contribution is 0.0526. The summed E-state index contributed by atoms with van der Waals surface area (Å²) in [6.07, 6.45) is 8.64. The highest BCUT2D eigenvalue weighted by Crippen LogP contribution is 2.40. The van der Waals surface area contributed by atoms with Crippen molar-refractivity contribution in [3.8, 4) is 11.1 Å². The molecule has 0 amide bonds. The van der Waals surface area contributed by atoms with Crippen molar-refractivity contribution in [2.45, 2.75) is 47.1 Å². The molecule has 1 fully saturated rings. The molecular formula is C29H37N5O2. The smallest absolute Gasteiger partial charge is 0.341 e. The Labute approximate surface area is 214 Å². The van der Waals surface area contributed by atoms with E-state index < -0.39 is 0 Å². The number of ether oxygens (including phenoxy) is 1. The van der Waals surface area contributed by atoms with Gasteiger partial charge in [-0.3, -0.25) is 4.68 Å². The van der Waals surface area contributed by atoms with Gasteiger partial charge in [-0.25, -0.2) is 9.78 Å². The first kappa shape index (κ1) is 25.5. The van der Waals surface area contributed by atoms with E-state index in [1.165, 1.54) is 0 Å². The topological polar surface area (TPSA) is 72.3 Å². The minimum Gasteiger partial charge on any atom is -0.462 e. The molecule has 3 heterocycles. The summed E-state index contributed by atoms with van der Waals surface area (Å²) in [5, 5.41) is 7.87. The van der Waals surface area contributed by atoms with Crippen molar-refractivity contribution in [1.82, 2.24) is 14.8 Å². The van der Waals surface area contributed by atoms with Gasteiger partial charge in [-0.05, 0) is 55.9 Å². The van der Waals surface area contributed by atoms with Crippen LogP contribution in [-0.2, 0) is 4.74 Å². The van der Waals surface area contributed by atoms with Crippen molar-refractivity contribution in [2.75, 3.05) is 37.0 Å². The van der Waals surface area contributed by atoms with E-state index >= 15 is 0 Å². The maximum atomic E-state index is 12.6. The van der Waals surface area contributed by atoms with Gasteiger partial charge in [-0.15, -0.1) is 0 Å². The second-order valence-corrected chi connectivity index (χ2v) is 10.3. The molecule has 4 rings (SSSR count). The van der Waals surface area contributed by atoms with Crippen LogP contribution >= 0.6 is 0 Å². The fourth-order valence-electron chi connectivity index (χ4n) is 4.83. The fraction of sp³-hybridized carbons (Fsp3) is 0.414. The van der Waals surface area contributed by atoms with Crippen molar-refractivity contribution in [3.63, 3.8) is 0 Å². The Morgan fingerprint density at radius 2 is 1.97 bits per heavy atom. The molecule has 0 aliphatic carbocycles. The van der Waals surface area contributed by atoms with Gasteiger partial charge in [-0.2, -0.15) is 5.10 Å². The maximum Gasteiger partial charge on any atom is 0.341 e. The van der Waals surface area contributed by atoms with Crippen LogP contribution in [0.4, 0.5) is 11.5 Å². The van der Waals surface area contributed by atoms with Crippen molar-refractivity contribution in [2.24, 2.45) is 5.41 Å². The molecule has 0 atom stereocenters. The molecule has 0 unspecified atom stereocenters. The molecule has 1 aliphatic rings. The van der Waals surface area contributed by atoms with Crippen molar-refractivity contribution < 1.29 is 9.53 Å². The highest BCUT2D eigenvalue weighted by molar-refractivity contribution is 5.95. The number of anilines is 2. The summed E-state index contributed by atoms with van der Waals surface area (Å²) in [7, 11) is 1.95. The van der Waals surface area contributed by atoms with Gasteiger partial charge < -0.3 is 15.0 Å². The van der Waals surface area contributed by atoms with Crippen molar-refractivity contribution in [3.05, 3.63) is 59.5 Å². The van der Waals surface area contributed by atoms with Crippen LogP contribution in [0.3, 0.4) is 0 Å². The lowest BCUT2D eigenvalue weighted by Crippen LogP contribution is -2.24. The van der Waals surface area contributed by atoms with E-state index in [9.17, 15) is 4.79 Å². The highest BCUT2D eigenvalue weighted by atomic mass is 16.5. The number of nitrogens with zero attached hydrogens (tertiary/aromatic N) is 4. The number of esters is 1. The SMILES string of the molecule is CCOC(=O)c1cnn(C(C)C)c1/C=C/c1ccccc1-c1ccnc(N2CCC(C)(C)C2)c1NC. The predicted octanol–water partition coefficient (Wildman–Crippen LogP) is 6.15. The monoisotopic (exact) mass is 487 g/mol. The van der Waals surface area contributed by atoms with E-state index in [2.05, 4.69) is 47.4 Å². The van der Waals surface area contributed by atoms with E-state index in [1.807, 2.05) is 63.0 Å². The van der Waals surface area contributed by atoms with Gasteiger partial charge in [0.15, 0.2) is 5.82 Å². The minimum atomic E-state index is -0.359. The number of nitrogens with one attached hydrogen (secondary N) is 1. The Morgan fingerprint density at radius 3 is 2.64 bits per heavy atom. The number of rotatable bonds is 8. The van der Waals surface area contributed by atoms with E-state index in [0.717, 1.165) is 53.4 Å². The number of hydrogen-bond donors (Lipinski definition) is 1. The zero-order valence-electron chi connectivity index (χ0n) is 22.2. The van der Waals surface area contributed by atoms with Crippen LogP contribution in [0, 0.1) is 5.41 Å². The second kappa shape index (κ2) is 10.6. The number of pyridine rings is 1. The summed E-state index contributed by atoms with van der Waals surface area (Å²) >= 11 is 0. The summed E-state index contributed by atoms with van der Waals surface area (Å²) in [6, 6.07) is 10.5. The molecule has 2 aromatic heterocycles. The lowest BCUT2D eigenvalue weighted by Gasteiger charge is -2.24. The van der Waals surface area contributed by atoms with E-state index in [-0.39, 0.29) is 17.4 Å². The maximum absolute atomic E-state index is 12.6. The number of benzene rings is 1. The number of carbonyl (C=O) groups is 1. The van der Waals surface area contributed by atoms with Crippen LogP contribution < -0.4 is 10.2 Å². The Balaban J connectivity index is 1.76. The lowest BCUT2D eigenvalue weighted by atomic mass is 9.93. The third-order valence-corrected chi connectivity index (χ3v) is 6.65. The molecular weight excluding hydrogens is 450 g/mol. The summed E-state index contributed by atoms with van der Waals surface area (Å²) < 4.78 is 7.12. The van der Waals surface area contributed by atoms with Crippen molar-refractivity contribution >= 4 is 29.6 Å². The highest BCUT2D eigenvalue weighted by Gasteiger charge is 2.31. The molecule has 190 valence electrons. The molecule has 0 saturated carbocycles. The standard InChI is InChI=1S/C29H37N5O2/c1-7-36-28(35)24-18-32-34(20(2)3)25(24)13-12-21-10-8-9-11-22(21)23-14-16-31-27(26(23)30-6)33-17-15-29(4,5)19-33/h8-14,16,18,20,30H,7,15,17,19H2,1-6H3/b13-12+. The van der Waals surface area contributed by atoms with Crippen LogP contribution in [0.5, 0.6) is 0 Å². The second-order valence-electron chi connectivity index (χ2n) is 10.3. The average Bonchev–Trinajstić information content (AvgIpc) is 3.45. The summed E-state index contributed by atoms with van der Waals surface area (Å²) in [5.74, 6) is 0.629. The Morgan fingerprint density at radius 1 is 1.19 bits per heavy atom. The third kappa shape index (κ3) is 5.15. The molecule has 36 heavy (non-hydrogen) atoms. The third-order valence-electron chi connectivity index (χ3n) is 6.65. The first-order chi connectivity index (χ1) is 17.3. The summed E-state index contributed by atoms with van der Waals surface area (Å²) in [6.45, 7) is 12.8. The molecule has 7 heteroatoms. The van der Waals surface area contributed by atoms with Gasteiger partial charge in [0.25, 0.3) is 0 Å². The van der Waals surface area contributed by atoms with Crippen LogP contribution in [0.1, 0.15) is 68.7 Å².